The van der Waals surface area contributed by atoms with Gasteiger partial charge < -0.3 is 0 Å². The number of rotatable bonds is 6. The number of carbonyl (C=O) groups is 3. The first-order chi connectivity index (χ1) is 9.13. The van der Waals surface area contributed by atoms with Gasteiger partial charge in [-0.2, -0.15) is 0 Å². The van der Waals surface area contributed by atoms with Crippen LogP contribution in [0, 0.1) is 17.8 Å². The topological polar surface area (TPSA) is 78.9 Å². The second-order valence-corrected chi connectivity index (χ2v) is 9.15. The van der Waals surface area contributed by atoms with Crippen molar-refractivity contribution in [3.8, 4) is 0 Å². The Morgan fingerprint density at radius 2 is 0.895 bits per heavy atom. The molecule has 0 unspecified atom stereocenters. The van der Waals surface area contributed by atoms with Gasteiger partial charge in [-0.15, -0.1) is 0 Å². The molecule has 3 rings (SSSR count). The maximum absolute atomic E-state index is 11.6. The second kappa shape index (κ2) is 5.35. The Labute approximate surface area is 120 Å². The van der Waals surface area contributed by atoms with Crippen molar-refractivity contribution in [2.45, 2.75) is 38.5 Å². The molecule has 0 spiro atoms. The van der Waals surface area contributed by atoms with Crippen LogP contribution < -0.4 is 0 Å². The number of carbonyl (C=O) groups excluding carboxylic acids is 3. The first-order valence-electron chi connectivity index (χ1n) is 6.59. The molecule has 0 saturated heterocycles. The van der Waals surface area contributed by atoms with E-state index < -0.39 is 23.1 Å². The molecular formula is C12H15BiO6. The Bertz CT molecular complexity index is 349. The van der Waals surface area contributed by atoms with E-state index in [1.54, 1.807) is 0 Å². The van der Waals surface area contributed by atoms with Gasteiger partial charge in [-0.1, -0.05) is 0 Å². The van der Waals surface area contributed by atoms with E-state index in [9.17, 15) is 14.4 Å². The van der Waals surface area contributed by atoms with Gasteiger partial charge in [0.05, 0.1) is 0 Å². The quantitative estimate of drug-likeness (QED) is 0.543. The van der Waals surface area contributed by atoms with E-state index in [4.69, 9.17) is 8.44 Å². The molecule has 0 amide bonds. The minimum atomic E-state index is -3.70. The molecule has 3 saturated carbocycles. The molecule has 3 fully saturated rings. The van der Waals surface area contributed by atoms with Crippen LogP contribution >= 0.6 is 0 Å². The van der Waals surface area contributed by atoms with Crippen molar-refractivity contribution in [2.24, 2.45) is 17.8 Å². The van der Waals surface area contributed by atoms with Crippen LogP contribution in [0.4, 0.5) is 0 Å². The van der Waals surface area contributed by atoms with Gasteiger partial charge in [0.1, 0.15) is 0 Å². The van der Waals surface area contributed by atoms with Crippen LogP contribution in [0.3, 0.4) is 0 Å². The Morgan fingerprint density at radius 3 is 1.11 bits per heavy atom. The molecule has 0 aromatic heterocycles. The van der Waals surface area contributed by atoms with E-state index in [1.807, 2.05) is 0 Å². The molecule has 3 aliphatic rings. The number of hydrogen-bond donors (Lipinski definition) is 0. The van der Waals surface area contributed by atoms with Gasteiger partial charge in [-0.25, -0.2) is 0 Å². The van der Waals surface area contributed by atoms with Gasteiger partial charge in [-0.3, -0.25) is 0 Å². The van der Waals surface area contributed by atoms with Crippen molar-refractivity contribution >= 4 is 41.0 Å². The Morgan fingerprint density at radius 1 is 0.632 bits per heavy atom. The summed E-state index contributed by atoms with van der Waals surface area (Å²) in [6.45, 7) is 0. The SMILES string of the molecule is O=C([O][Bi]([O]C(=O)C1CC1)[O]C(=O)C1CC1)C1CC1. The molecule has 0 radical (unpaired) electrons. The van der Waals surface area contributed by atoms with Crippen LogP contribution in [0.1, 0.15) is 38.5 Å². The van der Waals surface area contributed by atoms with Crippen molar-refractivity contribution in [3.05, 3.63) is 0 Å². The summed E-state index contributed by atoms with van der Waals surface area (Å²) in [5.74, 6) is -1.37. The predicted molar refractivity (Wildman–Crippen MR) is 62.2 cm³/mol. The molecule has 19 heavy (non-hydrogen) atoms. The standard InChI is InChI=1S/3C4H6O2.Bi/c3*5-4(6)3-1-2-3;/h3*3H,1-2H2,(H,5,6);/q;;;+3/p-3. The van der Waals surface area contributed by atoms with E-state index >= 15 is 0 Å². The summed E-state index contributed by atoms with van der Waals surface area (Å²) in [5.41, 5.74) is 0. The van der Waals surface area contributed by atoms with Gasteiger partial charge >= 0.3 is 120 Å². The molecule has 3 aliphatic carbocycles. The zero-order valence-electron chi connectivity index (χ0n) is 10.4. The third-order valence-electron chi connectivity index (χ3n) is 3.23. The van der Waals surface area contributed by atoms with E-state index in [0.29, 0.717) is 0 Å². The van der Waals surface area contributed by atoms with Crippen LogP contribution in [0.15, 0.2) is 0 Å². The van der Waals surface area contributed by atoms with Crippen LogP contribution in [0.5, 0.6) is 0 Å². The van der Waals surface area contributed by atoms with Crippen molar-refractivity contribution < 1.29 is 22.8 Å². The fourth-order valence-corrected chi connectivity index (χ4v) is 5.34. The van der Waals surface area contributed by atoms with Crippen molar-refractivity contribution in [3.63, 3.8) is 0 Å². The van der Waals surface area contributed by atoms with E-state index in [0.717, 1.165) is 38.5 Å². The van der Waals surface area contributed by atoms with Crippen molar-refractivity contribution in [2.75, 3.05) is 0 Å². The first-order valence-corrected chi connectivity index (χ1v) is 10.8. The summed E-state index contributed by atoms with van der Waals surface area (Å²) < 4.78 is 15.5. The van der Waals surface area contributed by atoms with Crippen molar-refractivity contribution in [1.82, 2.24) is 0 Å². The van der Waals surface area contributed by atoms with E-state index in [-0.39, 0.29) is 35.7 Å². The van der Waals surface area contributed by atoms with Gasteiger partial charge in [-0.05, 0) is 0 Å². The maximum atomic E-state index is 11.6. The third-order valence-corrected chi connectivity index (χ3v) is 7.06. The molecule has 0 atom stereocenters. The molecule has 0 heterocycles. The average molecular weight is 464 g/mol. The molecule has 0 N–H and O–H groups in total. The second-order valence-electron chi connectivity index (χ2n) is 5.28. The monoisotopic (exact) mass is 464 g/mol. The summed E-state index contributed by atoms with van der Waals surface area (Å²) in [5, 5.41) is 0. The number of hydrogen-bond acceptors (Lipinski definition) is 6. The summed E-state index contributed by atoms with van der Waals surface area (Å²) in [6, 6.07) is 0. The zero-order valence-corrected chi connectivity index (χ0v) is 13.8. The molecule has 0 aromatic rings. The summed E-state index contributed by atoms with van der Waals surface area (Å²) in [7, 11) is 0. The first kappa shape index (κ1) is 13.3. The molecule has 0 bridgehead atoms. The molecule has 6 nitrogen and oxygen atoms in total. The van der Waals surface area contributed by atoms with Crippen LogP contribution in [-0.2, 0) is 22.8 Å². The fraction of sp³-hybridized carbons (Fsp3) is 0.750. The average Bonchev–Trinajstić information content (AvgIpc) is 3.27. The summed E-state index contributed by atoms with van der Waals surface area (Å²) in [6.07, 6.45) is 4.85. The predicted octanol–water partition coefficient (Wildman–Crippen LogP) is 0.831. The third kappa shape index (κ3) is 3.88. The Kier molecular flexibility index (Phi) is 3.74. The Balaban J connectivity index is 1.53. The summed E-state index contributed by atoms with van der Waals surface area (Å²) >= 11 is -3.70. The van der Waals surface area contributed by atoms with Gasteiger partial charge in [0.15, 0.2) is 0 Å². The van der Waals surface area contributed by atoms with Crippen molar-refractivity contribution in [1.29, 1.82) is 0 Å². The van der Waals surface area contributed by atoms with Crippen LogP contribution in [0.2, 0.25) is 0 Å². The normalized spacial score (nSPS) is 21.9. The van der Waals surface area contributed by atoms with Crippen LogP contribution in [0.25, 0.3) is 0 Å². The van der Waals surface area contributed by atoms with Gasteiger partial charge in [0, 0.05) is 0 Å². The van der Waals surface area contributed by atoms with Crippen LogP contribution in [-0.4, -0.2) is 41.0 Å². The zero-order chi connectivity index (χ0) is 13.4. The van der Waals surface area contributed by atoms with Gasteiger partial charge in [0.25, 0.3) is 0 Å². The molecule has 0 aromatic carbocycles. The molecular weight excluding hydrogens is 449 g/mol. The van der Waals surface area contributed by atoms with E-state index in [2.05, 4.69) is 0 Å². The molecule has 0 aliphatic heterocycles. The minimum absolute atomic E-state index is 0.0863. The summed E-state index contributed by atoms with van der Waals surface area (Å²) in [4.78, 5) is 34.8. The molecule has 104 valence electrons. The fourth-order valence-electron chi connectivity index (χ4n) is 1.46. The van der Waals surface area contributed by atoms with E-state index in [1.165, 1.54) is 0 Å². The Hall–Kier alpha value is -0.707. The van der Waals surface area contributed by atoms with Gasteiger partial charge in [0.2, 0.25) is 0 Å². The molecule has 7 heteroatoms.